The number of anilines is 2. The molecule has 1 fully saturated rings. The van der Waals surface area contributed by atoms with Gasteiger partial charge in [-0.05, 0) is 75.6 Å². The van der Waals surface area contributed by atoms with E-state index in [-0.39, 0.29) is 18.1 Å². The van der Waals surface area contributed by atoms with Crippen LogP contribution in [0, 0.1) is 11.8 Å². The minimum absolute atomic E-state index is 0.0118. The smallest absolute Gasteiger partial charge is 0.410 e. The molecule has 2 aliphatic rings. The number of fused-ring (bicyclic) bond motifs is 1. The molecule has 2 N–H and O–H groups in total. The molecule has 0 radical (unpaired) electrons. The molecule has 3 aromatic rings. The first kappa shape index (κ1) is 28.1. The van der Waals surface area contributed by atoms with Crippen molar-refractivity contribution < 1.29 is 14.4 Å². The Morgan fingerprint density at radius 2 is 1.82 bits per heavy atom. The standard InChI is InChI=1S/C30H40N6O3S/c1-18(2)23-17-38-35-25(23)26-27-24(13-16-40-27)33-28(34-26)31-19(3)20-7-9-21(10-8-20)32-22-11-14-36(15-12-22)29(37)39-30(4,5)6/h7-10,13,16,18-19,22-23,32H,11-12,14-15,17H2,1-6H3,(H,31,33,34)/t19-,23-/m0/s1. The molecule has 0 bridgehead atoms. The summed E-state index contributed by atoms with van der Waals surface area (Å²) in [5, 5.41) is 13.5. The van der Waals surface area contributed by atoms with Crippen molar-refractivity contribution in [2.45, 2.75) is 72.1 Å². The average molecular weight is 565 g/mol. The van der Waals surface area contributed by atoms with Gasteiger partial charge < -0.3 is 25.1 Å². The maximum absolute atomic E-state index is 12.3. The Morgan fingerprint density at radius 3 is 2.50 bits per heavy atom. The summed E-state index contributed by atoms with van der Waals surface area (Å²) in [4.78, 5) is 29.3. The van der Waals surface area contributed by atoms with Gasteiger partial charge in [-0.15, -0.1) is 11.3 Å². The number of carbonyl (C=O) groups excluding carboxylic acids is 1. The summed E-state index contributed by atoms with van der Waals surface area (Å²) in [6.07, 6.45) is 1.55. The zero-order valence-electron chi connectivity index (χ0n) is 24.2. The number of oxime groups is 1. The fourth-order valence-electron chi connectivity index (χ4n) is 5.08. The Labute approximate surface area is 240 Å². The summed E-state index contributed by atoms with van der Waals surface area (Å²) in [7, 11) is 0. The molecule has 4 heterocycles. The van der Waals surface area contributed by atoms with E-state index in [9.17, 15) is 4.79 Å². The van der Waals surface area contributed by atoms with E-state index in [0.717, 1.165) is 45.7 Å². The van der Waals surface area contributed by atoms with E-state index in [1.54, 1.807) is 16.2 Å². The van der Waals surface area contributed by atoms with Crippen LogP contribution in [0.3, 0.4) is 0 Å². The molecule has 2 atom stereocenters. The van der Waals surface area contributed by atoms with E-state index in [0.29, 0.717) is 37.6 Å². The van der Waals surface area contributed by atoms with Crippen molar-refractivity contribution in [3.63, 3.8) is 0 Å². The number of piperidine rings is 1. The lowest BCUT2D eigenvalue weighted by Crippen LogP contribution is -2.44. The fourth-order valence-corrected chi connectivity index (χ4v) is 5.91. The average Bonchev–Trinajstić information content (AvgIpc) is 3.58. The minimum atomic E-state index is -0.471. The number of nitrogens with one attached hydrogen (secondary N) is 2. The van der Waals surface area contributed by atoms with E-state index in [4.69, 9.17) is 19.5 Å². The Morgan fingerprint density at radius 1 is 1.10 bits per heavy atom. The molecule has 10 heteroatoms. The molecule has 1 aromatic carbocycles. The van der Waals surface area contributed by atoms with Gasteiger partial charge in [0.25, 0.3) is 0 Å². The summed E-state index contributed by atoms with van der Waals surface area (Å²) < 4.78 is 6.56. The molecule has 0 unspecified atom stereocenters. The van der Waals surface area contributed by atoms with Crippen molar-refractivity contribution >= 4 is 45.0 Å². The highest BCUT2D eigenvalue weighted by molar-refractivity contribution is 7.17. The van der Waals surface area contributed by atoms with Crippen LogP contribution in [0.2, 0.25) is 0 Å². The van der Waals surface area contributed by atoms with Crippen LogP contribution in [0.5, 0.6) is 0 Å². The van der Waals surface area contributed by atoms with Crippen molar-refractivity contribution in [1.82, 2.24) is 14.9 Å². The molecule has 5 rings (SSSR count). The normalized spacial score (nSPS) is 18.9. The number of rotatable bonds is 7. The van der Waals surface area contributed by atoms with Gasteiger partial charge in [-0.3, -0.25) is 0 Å². The van der Waals surface area contributed by atoms with Crippen LogP contribution in [0.1, 0.15) is 71.7 Å². The predicted molar refractivity (Wildman–Crippen MR) is 161 cm³/mol. The number of carbonyl (C=O) groups is 1. The highest BCUT2D eigenvalue weighted by Gasteiger charge is 2.31. The second-order valence-electron chi connectivity index (χ2n) is 12.0. The molecule has 40 heavy (non-hydrogen) atoms. The van der Waals surface area contributed by atoms with Gasteiger partial charge in [0.1, 0.15) is 23.6 Å². The Kier molecular flexibility index (Phi) is 8.16. The number of ether oxygens (including phenoxy) is 1. The van der Waals surface area contributed by atoms with Crippen LogP contribution in [-0.2, 0) is 9.57 Å². The number of nitrogens with zero attached hydrogens (tertiary/aromatic N) is 4. The van der Waals surface area contributed by atoms with Crippen LogP contribution in [0.15, 0.2) is 40.9 Å². The lowest BCUT2D eigenvalue weighted by Gasteiger charge is -2.34. The number of hydrogen-bond acceptors (Lipinski definition) is 9. The van der Waals surface area contributed by atoms with Crippen LogP contribution in [-0.4, -0.2) is 58.0 Å². The summed E-state index contributed by atoms with van der Waals surface area (Å²) >= 11 is 1.64. The molecule has 2 aliphatic heterocycles. The zero-order chi connectivity index (χ0) is 28.4. The second kappa shape index (κ2) is 11.6. The van der Waals surface area contributed by atoms with E-state index in [1.807, 2.05) is 32.2 Å². The molecule has 0 spiro atoms. The Hall–Kier alpha value is -3.40. The first-order valence-electron chi connectivity index (χ1n) is 14.1. The van der Waals surface area contributed by atoms with E-state index in [1.165, 1.54) is 0 Å². The third kappa shape index (κ3) is 6.49. The highest BCUT2D eigenvalue weighted by atomic mass is 32.1. The van der Waals surface area contributed by atoms with Gasteiger partial charge in [0.2, 0.25) is 5.95 Å². The number of aromatic nitrogens is 2. The second-order valence-corrected chi connectivity index (χ2v) is 12.9. The van der Waals surface area contributed by atoms with Crippen molar-refractivity contribution in [1.29, 1.82) is 0 Å². The maximum Gasteiger partial charge on any atom is 0.410 e. The van der Waals surface area contributed by atoms with Gasteiger partial charge in [0.05, 0.1) is 16.3 Å². The molecule has 1 amide bonds. The van der Waals surface area contributed by atoms with Crippen molar-refractivity contribution in [2.75, 3.05) is 30.3 Å². The molecular weight excluding hydrogens is 524 g/mol. The van der Waals surface area contributed by atoms with Crippen molar-refractivity contribution in [2.24, 2.45) is 17.0 Å². The number of likely N-dealkylation sites (tertiary alicyclic amines) is 1. The molecule has 0 aliphatic carbocycles. The number of hydrogen-bond donors (Lipinski definition) is 2. The van der Waals surface area contributed by atoms with Gasteiger partial charge in [-0.25, -0.2) is 14.8 Å². The Bertz CT molecular complexity index is 1360. The molecule has 2 aromatic heterocycles. The first-order valence-corrected chi connectivity index (χ1v) is 15.0. The summed E-state index contributed by atoms with van der Waals surface area (Å²) in [5.41, 5.74) is 4.43. The molecule has 1 saturated heterocycles. The molecule has 9 nitrogen and oxygen atoms in total. The quantitative estimate of drug-likeness (QED) is 0.330. The summed E-state index contributed by atoms with van der Waals surface area (Å²) in [6, 6.07) is 10.8. The van der Waals surface area contributed by atoms with Crippen molar-refractivity contribution in [3.8, 4) is 0 Å². The third-order valence-electron chi connectivity index (χ3n) is 7.39. The lowest BCUT2D eigenvalue weighted by molar-refractivity contribution is 0.0210. The van der Waals surface area contributed by atoms with E-state index in [2.05, 4.69) is 60.8 Å². The topological polar surface area (TPSA) is 101 Å². The van der Waals surface area contributed by atoms with Gasteiger partial charge >= 0.3 is 6.09 Å². The monoisotopic (exact) mass is 564 g/mol. The Balaban J connectivity index is 1.21. The first-order chi connectivity index (χ1) is 19.1. The SMILES string of the molecule is CC(C)[C@@H]1CON=C1c1nc(N[C@@H](C)c2ccc(NC3CCN(C(=O)OC(C)(C)C)CC3)cc2)nc2ccsc12. The fraction of sp³-hybridized carbons (Fsp3) is 0.533. The molecule has 0 saturated carbocycles. The summed E-state index contributed by atoms with van der Waals surface area (Å²) in [6.45, 7) is 14.2. The largest absolute Gasteiger partial charge is 0.444 e. The maximum atomic E-state index is 12.3. The zero-order valence-corrected chi connectivity index (χ0v) is 25.0. The minimum Gasteiger partial charge on any atom is -0.444 e. The predicted octanol–water partition coefficient (Wildman–Crippen LogP) is 6.68. The molecule has 214 valence electrons. The van der Waals surface area contributed by atoms with Gasteiger partial charge in [-0.2, -0.15) is 0 Å². The highest BCUT2D eigenvalue weighted by Crippen LogP contribution is 2.31. The molecular formula is C30H40N6O3S. The van der Waals surface area contributed by atoms with Gasteiger partial charge in [0, 0.05) is 30.7 Å². The van der Waals surface area contributed by atoms with Gasteiger partial charge in [0.15, 0.2) is 0 Å². The summed E-state index contributed by atoms with van der Waals surface area (Å²) in [5.74, 6) is 1.21. The van der Waals surface area contributed by atoms with Crippen LogP contribution >= 0.6 is 11.3 Å². The number of thiophene rings is 1. The van der Waals surface area contributed by atoms with Crippen molar-refractivity contribution in [3.05, 3.63) is 47.0 Å². The number of amides is 1. The van der Waals surface area contributed by atoms with Gasteiger partial charge in [-0.1, -0.05) is 31.1 Å². The van der Waals surface area contributed by atoms with E-state index < -0.39 is 5.60 Å². The van der Waals surface area contributed by atoms with Crippen LogP contribution in [0.4, 0.5) is 16.4 Å². The third-order valence-corrected chi connectivity index (χ3v) is 8.30. The number of benzene rings is 1. The van der Waals surface area contributed by atoms with Crippen LogP contribution < -0.4 is 10.6 Å². The lowest BCUT2D eigenvalue weighted by atomic mass is 9.90. The van der Waals surface area contributed by atoms with E-state index >= 15 is 0 Å². The van der Waals surface area contributed by atoms with Crippen LogP contribution in [0.25, 0.3) is 10.2 Å².